The lowest BCUT2D eigenvalue weighted by atomic mass is 10.1. The molecule has 0 aliphatic rings. The first-order valence-electron chi connectivity index (χ1n) is 5.13. The average molecular weight is 166 g/mol. The Morgan fingerprint density at radius 3 is 2.50 bits per heavy atom. The molecule has 0 saturated carbocycles. The maximum atomic E-state index is 3.75. The fourth-order valence-electron chi connectivity index (χ4n) is 1.26. The molecule has 0 fully saturated rings. The molecule has 0 heteroatoms. The number of hydrogen-bond donors (Lipinski definition) is 0. The van der Waals surface area contributed by atoms with E-state index < -0.39 is 0 Å². The van der Waals surface area contributed by atoms with Gasteiger partial charge in [0.1, 0.15) is 0 Å². The molecule has 0 saturated heterocycles. The molecule has 0 aliphatic carbocycles. The van der Waals surface area contributed by atoms with Crippen molar-refractivity contribution < 1.29 is 0 Å². The van der Waals surface area contributed by atoms with Crippen LogP contribution in [-0.4, -0.2) is 0 Å². The van der Waals surface area contributed by atoms with Crippen molar-refractivity contribution in [3.63, 3.8) is 0 Å². The Hall–Kier alpha value is -0.520. The Morgan fingerprint density at radius 2 is 2.00 bits per heavy atom. The van der Waals surface area contributed by atoms with E-state index in [1.165, 1.54) is 32.1 Å². The zero-order valence-corrected chi connectivity index (χ0v) is 8.60. The molecule has 0 unspecified atom stereocenters. The Balaban J connectivity index is 3.54. The Kier molecular flexibility index (Phi) is 8.20. The van der Waals surface area contributed by atoms with Gasteiger partial charge in [0.25, 0.3) is 0 Å². The summed E-state index contributed by atoms with van der Waals surface area (Å²) in [5.74, 6) is 0. The van der Waals surface area contributed by atoms with Crippen LogP contribution in [0.3, 0.4) is 0 Å². The van der Waals surface area contributed by atoms with Crippen molar-refractivity contribution in [2.45, 2.75) is 52.4 Å². The standard InChI is InChI=1S/C12H22/c1-4-7-8-9-11-12(6-3)10-5-2/h5,11H,2,4,6-10H2,1,3H3. The van der Waals surface area contributed by atoms with Gasteiger partial charge in [-0.15, -0.1) is 6.58 Å². The highest BCUT2D eigenvalue weighted by Gasteiger charge is 1.90. The normalized spacial score (nSPS) is 11.7. The van der Waals surface area contributed by atoms with E-state index in [2.05, 4.69) is 26.5 Å². The number of unbranched alkanes of at least 4 members (excludes halogenated alkanes) is 3. The molecule has 0 radical (unpaired) electrons. The Morgan fingerprint density at radius 1 is 1.25 bits per heavy atom. The van der Waals surface area contributed by atoms with Crippen molar-refractivity contribution in [3.8, 4) is 0 Å². The van der Waals surface area contributed by atoms with Crippen LogP contribution in [-0.2, 0) is 0 Å². The fraction of sp³-hybridized carbons (Fsp3) is 0.667. The van der Waals surface area contributed by atoms with E-state index in [1.807, 2.05) is 6.08 Å². The first-order valence-corrected chi connectivity index (χ1v) is 5.13. The van der Waals surface area contributed by atoms with Crippen LogP contribution in [0.4, 0.5) is 0 Å². The summed E-state index contributed by atoms with van der Waals surface area (Å²) in [4.78, 5) is 0. The summed E-state index contributed by atoms with van der Waals surface area (Å²) in [5.41, 5.74) is 1.54. The second-order valence-electron chi connectivity index (χ2n) is 3.20. The molecule has 0 aromatic heterocycles. The van der Waals surface area contributed by atoms with Gasteiger partial charge in [0.05, 0.1) is 0 Å². The van der Waals surface area contributed by atoms with Gasteiger partial charge in [0, 0.05) is 0 Å². The molecule has 0 atom stereocenters. The highest BCUT2D eigenvalue weighted by atomic mass is 14.0. The van der Waals surface area contributed by atoms with Crippen LogP contribution in [0.2, 0.25) is 0 Å². The van der Waals surface area contributed by atoms with Crippen LogP contribution in [0.15, 0.2) is 24.3 Å². The number of hydrogen-bond acceptors (Lipinski definition) is 0. The summed E-state index contributed by atoms with van der Waals surface area (Å²) in [6.07, 6.45) is 11.9. The highest BCUT2D eigenvalue weighted by Crippen LogP contribution is 2.10. The quantitative estimate of drug-likeness (QED) is 0.386. The smallest absolute Gasteiger partial charge is 0.0142 e. The molecule has 70 valence electrons. The van der Waals surface area contributed by atoms with Crippen LogP contribution < -0.4 is 0 Å². The SMILES string of the molecule is C=CCC(=CCCCCC)CC. The topological polar surface area (TPSA) is 0 Å². The van der Waals surface area contributed by atoms with Crippen molar-refractivity contribution in [2.75, 3.05) is 0 Å². The second-order valence-corrected chi connectivity index (χ2v) is 3.20. The number of allylic oxidation sites excluding steroid dienone is 3. The van der Waals surface area contributed by atoms with Gasteiger partial charge in [0.2, 0.25) is 0 Å². The average Bonchev–Trinajstić information content (AvgIpc) is 2.10. The largest absolute Gasteiger partial charge is 0.103 e. The monoisotopic (exact) mass is 166 g/mol. The minimum absolute atomic E-state index is 1.07. The lowest BCUT2D eigenvalue weighted by Crippen LogP contribution is -1.79. The summed E-state index contributed by atoms with van der Waals surface area (Å²) in [6, 6.07) is 0. The van der Waals surface area contributed by atoms with Crippen LogP contribution in [0.1, 0.15) is 52.4 Å². The summed E-state index contributed by atoms with van der Waals surface area (Å²) >= 11 is 0. The molecule has 0 N–H and O–H groups in total. The third kappa shape index (κ3) is 6.21. The van der Waals surface area contributed by atoms with Gasteiger partial charge in [-0.2, -0.15) is 0 Å². The van der Waals surface area contributed by atoms with E-state index in [9.17, 15) is 0 Å². The third-order valence-electron chi connectivity index (χ3n) is 2.10. The van der Waals surface area contributed by atoms with Crippen molar-refractivity contribution in [1.82, 2.24) is 0 Å². The van der Waals surface area contributed by atoms with Gasteiger partial charge in [0.15, 0.2) is 0 Å². The summed E-state index contributed by atoms with van der Waals surface area (Å²) < 4.78 is 0. The molecule has 0 nitrogen and oxygen atoms in total. The summed E-state index contributed by atoms with van der Waals surface area (Å²) in [7, 11) is 0. The zero-order chi connectivity index (χ0) is 9.23. The summed E-state index contributed by atoms with van der Waals surface area (Å²) in [5, 5.41) is 0. The fourth-order valence-corrected chi connectivity index (χ4v) is 1.26. The first-order chi connectivity index (χ1) is 5.85. The van der Waals surface area contributed by atoms with E-state index in [4.69, 9.17) is 0 Å². The second kappa shape index (κ2) is 8.58. The van der Waals surface area contributed by atoms with Gasteiger partial charge in [-0.05, 0) is 25.7 Å². The van der Waals surface area contributed by atoms with Crippen molar-refractivity contribution in [2.24, 2.45) is 0 Å². The molecule has 0 spiro atoms. The van der Waals surface area contributed by atoms with E-state index in [1.54, 1.807) is 5.57 Å². The zero-order valence-electron chi connectivity index (χ0n) is 8.60. The molecule has 12 heavy (non-hydrogen) atoms. The lowest BCUT2D eigenvalue weighted by molar-refractivity contribution is 0.725. The summed E-state index contributed by atoms with van der Waals surface area (Å²) in [6.45, 7) is 8.21. The van der Waals surface area contributed by atoms with Crippen LogP contribution in [0, 0.1) is 0 Å². The Bertz CT molecular complexity index is 131. The minimum atomic E-state index is 1.07. The van der Waals surface area contributed by atoms with E-state index in [0.29, 0.717) is 0 Å². The van der Waals surface area contributed by atoms with Gasteiger partial charge < -0.3 is 0 Å². The third-order valence-corrected chi connectivity index (χ3v) is 2.10. The van der Waals surface area contributed by atoms with Crippen LogP contribution in [0.25, 0.3) is 0 Å². The van der Waals surface area contributed by atoms with E-state index in [0.717, 1.165) is 6.42 Å². The molecule has 0 rings (SSSR count). The molecule has 0 aromatic carbocycles. The van der Waals surface area contributed by atoms with E-state index in [-0.39, 0.29) is 0 Å². The van der Waals surface area contributed by atoms with Gasteiger partial charge >= 0.3 is 0 Å². The predicted molar refractivity (Wildman–Crippen MR) is 57.3 cm³/mol. The van der Waals surface area contributed by atoms with Crippen molar-refractivity contribution in [3.05, 3.63) is 24.3 Å². The van der Waals surface area contributed by atoms with Crippen LogP contribution >= 0.6 is 0 Å². The molecular weight excluding hydrogens is 144 g/mol. The predicted octanol–water partition coefficient (Wildman–Crippen LogP) is 4.48. The van der Waals surface area contributed by atoms with Crippen molar-refractivity contribution in [1.29, 1.82) is 0 Å². The van der Waals surface area contributed by atoms with Crippen LogP contribution in [0.5, 0.6) is 0 Å². The lowest BCUT2D eigenvalue weighted by Gasteiger charge is -2.00. The highest BCUT2D eigenvalue weighted by molar-refractivity contribution is 5.05. The number of rotatable bonds is 7. The van der Waals surface area contributed by atoms with Gasteiger partial charge in [-0.1, -0.05) is 44.4 Å². The molecule has 0 heterocycles. The minimum Gasteiger partial charge on any atom is -0.103 e. The molecule has 0 bridgehead atoms. The maximum Gasteiger partial charge on any atom is -0.0142 e. The van der Waals surface area contributed by atoms with E-state index >= 15 is 0 Å². The maximum absolute atomic E-state index is 3.75. The molecule has 0 aromatic rings. The van der Waals surface area contributed by atoms with Gasteiger partial charge in [-0.3, -0.25) is 0 Å². The first kappa shape index (κ1) is 11.5. The van der Waals surface area contributed by atoms with Crippen molar-refractivity contribution >= 4 is 0 Å². The van der Waals surface area contributed by atoms with Gasteiger partial charge in [-0.25, -0.2) is 0 Å². The molecular formula is C12H22. The Labute approximate surface area is 77.4 Å². The molecule has 0 aliphatic heterocycles. The molecule has 0 amide bonds.